The number of benzene rings is 2. The van der Waals surface area contributed by atoms with E-state index in [1.807, 2.05) is 22.8 Å². The topological polar surface area (TPSA) is 59.8 Å². The Bertz CT molecular complexity index is 1170. The number of carbonyl (C=O) groups excluding carboxylic acids is 1. The molecule has 146 valence electrons. The standard InChI is InChI=1S/C22H19FN4OS/c1-15-5-2-3-6-16(15)14-29-22-26-19-9-10-24-12-20(19)27(22)13-21(28)25-18-8-4-7-17(23)11-18/h2-12H,13-14H2,1H3,(H,25,28). The molecule has 1 N–H and O–H groups in total. The molecule has 0 bridgehead atoms. The van der Waals surface area contributed by atoms with E-state index in [2.05, 4.69) is 34.3 Å². The number of fused-ring (bicyclic) bond motifs is 1. The lowest BCUT2D eigenvalue weighted by Crippen LogP contribution is -2.19. The van der Waals surface area contributed by atoms with Crippen molar-refractivity contribution in [1.82, 2.24) is 14.5 Å². The van der Waals surface area contributed by atoms with E-state index in [1.165, 1.54) is 23.3 Å². The van der Waals surface area contributed by atoms with Gasteiger partial charge in [0.15, 0.2) is 5.16 Å². The van der Waals surface area contributed by atoms with Gasteiger partial charge in [-0.15, -0.1) is 0 Å². The highest BCUT2D eigenvalue weighted by molar-refractivity contribution is 7.98. The van der Waals surface area contributed by atoms with Gasteiger partial charge in [0.25, 0.3) is 0 Å². The summed E-state index contributed by atoms with van der Waals surface area (Å²) in [5.41, 5.74) is 4.43. The van der Waals surface area contributed by atoms with E-state index in [4.69, 9.17) is 0 Å². The van der Waals surface area contributed by atoms with Crippen molar-refractivity contribution in [3.8, 4) is 0 Å². The smallest absolute Gasteiger partial charge is 0.244 e. The first kappa shape index (κ1) is 19.1. The second-order valence-electron chi connectivity index (χ2n) is 6.62. The molecule has 0 spiro atoms. The summed E-state index contributed by atoms with van der Waals surface area (Å²) >= 11 is 1.57. The van der Waals surface area contributed by atoms with Crippen molar-refractivity contribution in [2.45, 2.75) is 24.4 Å². The lowest BCUT2D eigenvalue weighted by molar-refractivity contribution is -0.116. The Balaban J connectivity index is 1.58. The Hall–Kier alpha value is -3.19. The first-order valence-corrected chi connectivity index (χ1v) is 10.1. The van der Waals surface area contributed by atoms with Gasteiger partial charge in [0.1, 0.15) is 12.4 Å². The van der Waals surface area contributed by atoms with Crippen LogP contribution in [-0.2, 0) is 17.1 Å². The van der Waals surface area contributed by atoms with Crippen LogP contribution in [0.2, 0.25) is 0 Å². The molecule has 4 aromatic rings. The Morgan fingerprint density at radius 1 is 1.17 bits per heavy atom. The highest BCUT2D eigenvalue weighted by atomic mass is 32.2. The van der Waals surface area contributed by atoms with Crippen molar-refractivity contribution in [2.24, 2.45) is 0 Å². The summed E-state index contributed by atoms with van der Waals surface area (Å²) < 4.78 is 15.2. The summed E-state index contributed by atoms with van der Waals surface area (Å²) in [4.78, 5) is 21.5. The number of thioether (sulfide) groups is 1. The summed E-state index contributed by atoms with van der Waals surface area (Å²) in [6.45, 7) is 2.14. The van der Waals surface area contributed by atoms with Crippen LogP contribution >= 0.6 is 11.8 Å². The molecule has 0 aliphatic heterocycles. The number of aryl methyl sites for hydroxylation is 1. The normalized spacial score (nSPS) is 11.0. The maximum Gasteiger partial charge on any atom is 0.244 e. The SMILES string of the molecule is Cc1ccccc1CSc1nc2ccncc2n1CC(=O)Nc1cccc(F)c1. The number of hydrogen-bond donors (Lipinski definition) is 1. The summed E-state index contributed by atoms with van der Waals surface area (Å²) in [6.07, 6.45) is 3.39. The number of amides is 1. The number of rotatable bonds is 6. The maximum absolute atomic E-state index is 13.4. The molecule has 0 saturated carbocycles. The zero-order valence-corrected chi connectivity index (χ0v) is 16.6. The van der Waals surface area contributed by atoms with Crippen molar-refractivity contribution in [2.75, 3.05) is 5.32 Å². The van der Waals surface area contributed by atoms with Crippen LogP contribution in [0, 0.1) is 12.7 Å². The third-order valence-electron chi connectivity index (χ3n) is 4.54. The highest BCUT2D eigenvalue weighted by Gasteiger charge is 2.15. The quantitative estimate of drug-likeness (QED) is 0.467. The van der Waals surface area contributed by atoms with Crippen molar-refractivity contribution >= 4 is 34.4 Å². The predicted octanol–water partition coefficient (Wildman–Crippen LogP) is 4.81. The van der Waals surface area contributed by atoms with Gasteiger partial charge in [0.2, 0.25) is 5.91 Å². The predicted molar refractivity (Wildman–Crippen MR) is 113 cm³/mol. The molecule has 0 radical (unpaired) electrons. The Kier molecular flexibility index (Phi) is 5.57. The summed E-state index contributed by atoms with van der Waals surface area (Å²) in [5.74, 6) is 0.0978. The molecule has 2 aromatic carbocycles. The highest BCUT2D eigenvalue weighted by Crippen LogP contribution is 2.27. The third kappa shape index (κ3) is 4.46. The molecular formula is C22H19FN4OS. The molecule has 5 nitrogen and oxygen atoms in total. The van der Waals surface area contributed by atoms with Crippen LogP contribution in [0.1, 0.15) is 11.1 Å². The minimum absolute atomic E-state index is 0.0643. The fraction of sp³-hybridized carbons (Fsp3) is 0.136. The van der Waals surface area contributed by atoms with Crippen molar-refractivity contribution < 1.29 is 9.18 Å². The number of aromatic nitrogens is 3. The van der Waals surface area contributed by atoms with Gasteiger partial charge in [0, 0.05) is 17.6 Å². The van der Waals surface area contributed by atoms with Gasteiger partial charge in [-0.2, -0.15) is 0 Å². The largest absolute Gasteiger partial charge is 0.324 e. The number of nitrogens with one attached hydrogen (secondary N) is 1. The van der Waals surface area contributed by atoms with Gasteiger partial charge in [0.05, 0.1) is 17.2 Å². The molecule has 0 atom stereocenters. The maximum atomic E-state index is 13.4. The number of imidazole rings is 1. The van der Waals surface area contributed by atoms with Crippen LogP contribution in [0.4, 0.5) is 10.1 Å². The van der Waals surface area contributed by atoms with E-state index < -0.39 is 5.82 Å². The second kappa shape index (κ2) is 8.45. The van der Waals surface area contributed by atoms with Gasteiger partial charge >= 0.3 is 0 Å². The van der Waals surface area contributed by atoms with E-state index in [1.54, 1.807) is 36.3 Å². The number of hydrogen-bond acceptors (Lipinski definition) is 4. The Morgan fingerprint density at radius 2 is 2.03 bits per heavy atom. The molecule has 2 aromatic heterocycles. The molecule has 0 aliphatic carbocycles. The van der Waals surface area contributed by atoms with E-state index in [9.17, 15) is 9.18 Å². The Morgan fingerprint density at radius 3 is 2.86 bits per heavy atom. The van der Waals surface area contributed by atoms with Crippen molar-refractivity contribution in [3.63, 3.8) is 0 Å². The lowest BCUT2D eigenvalue weighted by Gasteiger charge is -2.10. The van der Waals surface area contributed by atoms with Gasteiger partial charge < -0.3 is 9.88 Å². The molecule has 7 heteroatoms. The number of halogens is 1. The lowest BCUT2D eigenvalue weighted by atomic mass is 10.1. The van der Waals surface area contributed by atoms with Crippen LogP contribution in [0.15, 0.2) is 72.1 Å². The number of nitrogens with zero attached hydrogens (tertiary/aromatic N) is 3. The van der Waals surface area contributed by atoms with Crippen LogP contribution in [0.25, 0.3) is 11.0 Å². The van der Waals surface area contributed by atoms with E-state index in [0.717, 1.165) is 21.9 Å². The van der Waals surface area contributed by atoms with Crippen LogP contribution in [0.5, 0.6) is 0 Å². The minimum Gasteiger partial charge on any atom is -0.324 e. The average molecular weight is 406 g/mol. The average Bonchev–Trinajstić information content (AvgIpc) is 3.05. The van der Waals surface area contributed by atoms with E-state index >= 15 is 0 Å². The second-order valence-corrected chi connectivity index (χ2v) is 7.56. The van der Waals surface area contributed by atoms with Gasteiger partial charge in [-0.25, -0.2) is 9.37 Å². The van der Waals surface area contributed by atoms with Crippen molar-refractivity contribution in [1.29, 1.82) is 0 Å². The molecule has 1 amide bonds. The van der Waals surface area contributed by atoms with E-state index in [-0.39, 0.29) is 12.5 Å². The molecule has 29 heavy (non-hydrogen) atoms. The van der Waals surface area contributed by atoms with Gasteiger partial charge in [-0.05, 0) is 42.3 Å². The Labute approximate surface area is 172 Å². The number of carbonyl (C=O) groups is 1. The van der Waals surface area contributed by atoms with Crippen molar-refractivity contribution in [3.05, 3.63) is 83.9 Å². The molecule has 2 heterocycles. The van der Waals surface area contributed by atoms with Gasteiger partial charge in [-0.3, -0.25) is 9.78 Å². The minimum atomic E-state index is -0.394. The van der Waals surface area contributed by atoms with Crippen LogP contribution < -0.4 is 5.32 Å². The van der Waals surface area contributed by atoms with E-state index in [0.29, 0.717) is 5.69 Å². The monoisotopic (exact) mass is 406 g/mol. The first-order chi connectivity index (χ1) is 14.1. The van der Waals surface area contributed by atoms with Gasteiger partial charge in [-0.1, -0.05) is 42.1 Å². The van der Waals surface area contributed by atoms with Crippen LogP contribution in [0.3, 0.4) is 0 Å². The fourth-order valence-corrected chi connectivity index (χ4v) is 4.13. The summed E-state index contributed by atoms with van der Waals surface area (Å²) in [7, 11) is 0. The zero-order valence-electron chi connectivity index (χ0n) is 15.8. The molecule has 0 aliphatic rings. The molecule has 4 rings (SSSR count). The number of pyridine rings is 1. The summed E-state index contributed by atoms with van der Waals surface area (Å²) in [5, 5.41) is 3.48. The molecule has 0 fully saturated rings. The molecular weight excluding hydrogens is 387 g/mol. The third-order valence-corrected chi connectivity index (χ3v) is 5.57. The molecule has 0 saturated heterocycles. The van der Waals surface area contributed by atoms with Crippen LogP contribution in [-0.4, -0.2) is 20.4 Å². The number of anilines is 1. The zero-order chi connectivity index (χ0) is 20.2. The first-order valence-electron chi connectivity index (χ1n) is 9.13. The summed E-state index contributed by atoms with van der Waals surface area (Å²) in [6, 6.07) is 15.9. The molecule has 0 unspecified atom stereocenters. The fourth-order valence-electron chi connectivity index (χ4n) is 3.04.